The molecule has 4 heteroatoms. The standard InChI is InChI=1S/C9H15NO3/c11-7-3-4-10(6-7)9(12)8-2-1-5-13-8/h7-8,11H,1-6H2/t7-,8?/m1/s1. The van der Waals surface area contributed by atoms with E-state index < -0.39 is 0 Å². The van der Waals surface area contributed by atoms with Crippen molar-refractivity contribution in [2.75, 3.05) is 19.7 Å². The van der Waals surface area contributed by atoms with Crippen LogP contribution < -0.4 is 0 Å². The van der Waals surface area contributed by atoms with Crippen LogP contribution in [0.4, 0.5) is 0 Å². The molecular weight excluding hydrogens is 170 g/mol. The molecule has 2 heterocycles. The Morgan fingerprint density at radius 1 is 1.46 bits per heavy atom. The van der Waals surface area contributed by atoms with E-state index in [0.717, 1.165) is 12.8 Å². The van der Waals surface area contributed by atoms with Gasteiger partial charge in [0.15, 0.2) is 0 Å². The largest absolute Gasteiger partial charge is 0.391 e. The highest BCUT2D eigenvalue weighted by Crippen LogP contribution is 2.18. The molecule has 0 bridgehead atoms. The molecule has 0 spiro atoms. The second-order valence-corrected chi connectivity index (χ2v) is 3.73. The Balaban J connectivity index is 1.89. The minimum Gasteiger partial charge on any atom is -0.391 e. The monoisotopic (exact) mass is 185 g/mol. The molecule has 2 aliphatic heterocycles. The molecule has 0 aliphatic carbocycles. The Morgan fingerprint density at radius 2 is 2.31 bits per heavy atom. The number of rotatable bonds is 1. The van der Waals surface area contributed by atoms with Crippen LogP contribution in [0, 0.1) is 0 Å². The van der Waals surface area contributed by atoms with Crippen LogP contribution in [0.2, 0.25) is 0 Å². The van der Waals surface area contributed by atoms with E-state index in [1.165, 1.54) is 0 Å². The number of carbonyl (C=O) groups excluding carboxylic acids is 1. The number of hydrogen-bond acceptors (Lipinski definition) is 3. The summed E-state index contributed by atoms with van der Waals surface area (Å²) in [7, 11) is 0. The van der Waals surface area contributed by atoms with Crippen molar-refractivity contribution in [2.24, 2.45) is 0 Å². The molecular formula is C9H15NO3. The Labute approximate surface area is 77.5 Å². The Bertz CT molecular complexity index is 201. The highest BCUT2D eigenvalue weighted by molar-refractivity contribution is 5.81. The molecule has 1 unspecified atom stereocenters. The van der Waals surface area contributed by atoms with Crippen molar-refractivity contribution in [3.63, 3.8) is 0 Å². The quantitative estimate of drug-likeness (QED) is 0.613. The van der Waals surface area contributed by atoms with Crippen molar-refractivity contribution in [3.8, 4) is 0 Å². The number of nitrogens with zero attached hydrogens (tertiary/aromatic N) is 1. The van der Waals surface area contributed by atoms with Crippen molar-refractivity contribution in [1.82, 2.24) is 4.90 Å². The fourth-order valence-electron chi connectivity index (χ4n) is 1.92. The molecule has 13 heavy (non-hydrogen) atoms. The molecule has 0 aromatic carbocycles. The van der Waals surface area contributed by atoms with Gasteiger partial charge in [-0.2, -0.15) is 0 Å². The van der Waals surface area contributed by atoms with Crippen LogP contribution in [-0.2, 0) is 9.53 Å². The molecule has 2 aliphatic rings. The summed E-state index contributed by atoms with van der Waals surface area (Å²) < 4.78 is 5.29. The zero-order valence-corrected chi connectivity index (χ0v) is 7.61. The lowest BCUT2D eigenvalue weighted by atomic mass is 10.2. The topological polar surface area (TPSA) is 49.8 Å². The molecule has 4 nitrogen and oxygen atoms in total. The van der Waals surface area contributed by atoms with Crippen molar-refractivity contribution in [1.29, 1.82) is 0 Å². The Kier molecular flexibility index (Phi) is 2.51. The number of likely N-dealkylation sites (tertiary alicyclic amines) is 1. The molecule has 0 aromatic rings. The smallest absolute Gasteiger partial charge is 0.251 e. The second kappa shape index (κ2) is 3.64. The van der Waals surface area contributed by atoms with Gasteiger partial charge in [0.05, 0.1) is 6.10 Å². The molecule has 74 valence electrons. The first kappa shape index (κ1) is 8.97. The first-order chi connectivity index (χ1) is 6.27. The van der Waals surface area contributed by atoms with Crippen LogP contribution in [0.5, 0.6) is 0 Å². The Morgan fingerprint density at radius 3 is 2.85 bits per heavy atom. The molecule has 2 rings (SSSR count). The highest BCUT2D eigenvalue weighted by Gasteiger charge is 2.32. The fraction of sp³-hybridized carbons (Fsp3) is 0.889. The third-order valence-corrected chi connectivity index (χ3v) is 2.68. The van der Waals surface area contributed by atoms with Gasteiger partial charge in [-0.25, -0.2) is 0 Å². The van der Waals surface area contributed by atoms with Crippen LogP contribution in [-0.4, -0.2) is 47.8 Å². The summed E-state index contributed by atoms with van der Waals surface area (Å²) in [4.78, 5) is 13.4. The van der Waals surface area contributed by atoms with Gasteiger partial charge >= 0.3 is 0 Å². The van der Waals surface area contributed by atoms with E-state index in [-0.39, 0.29) is 18.1 Å². The fourth-order valence-corrected chi connectivity index (χ4v) is 1.92. The van der Waals surface area contributed by atoms with E-state index in [9.17, 15) is 9.90 Å². The SMILES string of the molecule is O=C(C1CCCO1)N1CC[C@@H](O)C1. The summed E-state index contributed by atoms with van der Waals surface area (Å²) in [5, 5.41) is 9.26. The number of amides is 1. The summed E-state index contributed by atoms with van der Waals surface area (Å²) in [5.74, 6) is 0.0639. The minimum absolute atomic E-state index is 0.0639. The summed E-state index contributed by atoms with van der Waals surface area (Å²) in [6.07, 6.45) is 1.96. The van der Waals surface area contributed by atoms with Gasteiger partial charge in [0, 0.05) is 19.7 Å². The lowest BCUT2D eigenvalue weighted by molar-refractivity contribution is -0.140. The van der Waals surface area contributed by atoms with Gasteiger partial charge in [-0.3, -0.25) is 4.79 Å². The van der Waals surface area contributed by atoms with Crippen LogP contribution in [0.15, 0.2) is 0 Å². The summed E-state index contributed by atoms with van der Waals surface area (Å²) in [5.41, 5.74) is 0. The number of β-amino-alcohol motifs (C(OH)–C–C–N with tert-alkyl or cyclic N) is 1. The third-order valence-electron chi connectivity index (χ3n) is 2.68. The summed E-state index contributed by atoms with van der Waals surface area (Å²) >= 11 is 0. The van der Waals surface area contributed by atoms with Crippen molar-refractivity contribution in [2.45, 2.75) is 31.5 Å². The maximum Gasteiger partial charge on any atom is 0.251 e. The first-order valence-electron chi connectivity index (χ1n) is 4.86. The van der Waals surface area contributed by atoms with Gasteiger partial charge < -0.3 is 14.7 Å². The van der Waals surface area contributed by atoms with Crippen LogP contribution in [0.3, 0.4) is 0 Å². The first-order valence-corrected chi connectivity index (χ1v) is 4.86. The molecule has 0 radical (unpaired) electrons. The predicted octanol–water partition coefficient (Wildman–Crippen LogP) is -0.241. The van der Waals surface area contributed by atoms with E-state index in [1.54, 1.807) is 4.90 Å². The van der Waals surface area contributed by atoms with Crippen LogP contribution in [0.25, 0.3) is 0 Å². The number of aliphatic hydroxyl groups is 1. The lowest BCUT2D eigenvalue weighted by Crippen LogP contribution is -2.37. The summed E-state index contributed by atoms with van der Waals surface area (Å²) in [6, 6.07) is 0. The van der Waals surface area contributed by atoms with Crippen molar-refractivity contribution in [3.05, 3.63) is 0 Å². The zero-order valence-electron chi connectivity index (χ0n) is 7.61. The van der Waals surface area contributed by atoms with E-state index in [1.807, 2.05) is 0 Å². The van der Waals surface area contributed by atoms with Gasteiger partial charge in [0.2, 0.25) is 0 Å². The maximum absolute atomic E-state index is 11.7. The lowest BCUT2D eigenvalue weighted by Gasteiger charge is -2.19. The van der Waals surface area contributed by atoms with Gasteiger partial charge in [-0.15, -0.1) is 0 Å². The molecule has 2 atom stereocenters. The number of carbonyl (C=O) groups is 1. The van der Waals surface area contributed by atoms with Crippen LogP contribution >= 0.6 is 0 Å². The van der Waals surface area contributed by atoms with Crippen molar-refractivity contribution < 1.29 is 14.6 Å². The summed E-state index contributed by atoms with van der Waals surface area (Å²) in [6.45, 7) is 1.87. The second-order valence-electron chi connectivity index (χ2n) is 3.73. The van der Waals surface area contributed by atoms with Crippen LogP contribution in [0.1, 0.15) is 19.3 Å². The predicted molar refractivity (Wildman–Crippen MR) is 46.2 cm³/mol. The molecule has 0 saturated carbocycles. The number of aliphatic hydroxyl groups excluding tert-OH is 1. The Hall–Kier alpha value is -0.610. The third kappa shape index (κ3) is 1.84. The van der Waals surface area contributed by atoms with E-state index in [4.69, 9.17) is 4.74 Å². The van der Waals surface area contributed by atoms with Gasteiger partial charge in [0.25, 0.3) is 5.91 Å². The normalized spacial score (nSPS) is 34.1. The van der Waals surface area contributed by atoms with Gasteiger partial charge in [-0.05, 0) is 19.3 Å². The zero-order chi connectivity index (χ0) is 9.26. The molecule has 1 N–H and O–H groups in total. The van der Waals surface area contributed by atoms with Gasteiger partial charge in [-0.1, -0.05) is 0 Å². The van der Waals surface area contributed by atoms with E-state index in [0.29, 0.717) is 26.1 Å². The minimum atomic E-state index is -0.328. The van der Waals surface area contributed by atoms with Crippen molar-refractivity contribution >= 4 is 5.91 Å². The highest BCUT2D eigenvalue weighted by atomic mass is 16.5. The maximum atomic E-state index is 11.7. The average molecular weight is 185 g/mol. The van der Waals surface area contributed by atoms with E-state index in [2.05, 4.69) is 0 Å². The number of hydrogen-bond donors (Lipinski definition) is 1. The average Bonchev–Trinajstić information content (AvgIpc) is 2.72. The number of ether oxygens (including phenoxy) is 1. The molecule has 0 aromatic heterocycles. The molecule has 2 saturated heterocycles. The molecule has 2 fully saturated rings. The van der Waals surface area contributed by atoms with E-state index >= 15 is 0 Å². The van der Waals surface area contributed by atoms with Gasteiger partial charge in [0.1, 0.15) is 6.10 Å². The molecule has 1 amide bonds.